The summed E-state index contributed by atoms with van der Waals surface area (Å²) in [5.41, 5.74) is 0.464. The number of methoxy groups -OCH3 is 1. The Bertz CT molecular complexity index is 1270. The van der Waals surface area contributed by atoms with E-state index in [-0.39, 0.29) is 30.4 Å². The summed E-state index contributed by atoms with van der Waals surface area (Å²) in [6.07, 6.45) is 1.07. The third kappa shape index (κ3) is 6.00. The molecule has 13 heteroatoms. The summed E-state index contributed by atoms with van der Waals surface area (Å²) < 4.78 is 46.4. The Morgan fingerprint density at radius 3 is 2.59 bits per heavy atom. The molecule has 2 atom stereocenters. The number of nitrogens with one attached hydrogen (secondary N) is 3. The average molecular weight is 534 g/mol. The highest BCUT2D eigenvalue weighted by Gasteiger charge is 2.42. The van der Waals surface area contributed by atoms with Crippen LogP contribution < -0.4 is 20.7 Å². The monoisotopic (exact) mass is 533 g/mol. The lowest BCUT2D eigenvalue weighted by atomic mass is 10.1. The van der Waals surface area contributed by atoms with Crippen molar-refractivity contribution in [2.45, 2.75) is 29.8 Å². The normalized spacial score (nSPS) is 20.6. The largest absolute Gasteiger partial charge is 0.497 e. The Balaban J connectivity index is 1.57. The molecule has 0 unspecified atom stereocenters. The lowest BCUT2D eigenvalue weighted by molar-refractivity contribution is -0.132. The van der Waals surface area contributed by atoms with Crippen molar-refractivity contribution in [1.82, 2.24) is 19.8 Å². The first-order valence-corrected chi connectivity index (χ1v) is 13.2. The highest BCUT2D eigenvalue weighted by molar-refractivity contribution is 7.89. The van der Waals surface area contributed by atoms with Crippen molar-refractivity contribution in [2.75, 3.05) is 38.6 Å². The predicted molar refractivity (Wildman–Crippen MR) is 132 cm³/mol. The van der Waals surface area contributed by atoms with E-state index in [9.17, 15) is 27.2 Å². The molecule has 2 aromatic rings. The van der Waals surface area contributed by atoms with Crippen molar-refractivity contribution in [3.8, 4) is 5.75 Å². The van der Waals surface area contributed by atoms with Gasteiger partial charge in [-0.3, -0.25) is 9.59 Å². The zero-order valence-electron chi connectivity index (χ0n) is 20.1. The standard InChI is InChI=1S/C24H28FN5O6S/c1-36-18-5-2-4-17(14-18)27-24(33)29-12-13-30(37(34,35)19-9-7-16(25)8-10-19)21(15-29)23(32)28-20-6-3-11-26-22(20)31/h2,4-5,7-10,14,20-21H,3,6,11-13,15H2,1H3,(H,26,31)(H,27,33)(H,28,32)/t20-,21+/m0/s1. The quantitative estimate of drug-likeness (QED) is 0.509. The maximum absolute atomic E-state index is 13.4. The van der Waals surface area contributed by atoms with E-state index < -0.39 is 39.9 Å². The van der Waals surface area contributed by atoms with Crippen LogP contribution in [-0.4, -0.2) is 80.8 Å². The van der Waals surface area contributed by atoms with Crippen molar-refractivity contribution in [3.63, 3.8) is 0 Å². The van der Waals surface area contributed by atoms with Gasteiger partial charge in [0, 0.05) is 37.9 Å². The van der Waals surface area contributed by atoms with Crippen LogP contribution in [0.3, 0.4) is 0 Å². The number of carbonyl (C=O) groups is 3. The molecule has 2 aliphatic heterocycles. The number of ether oxygens (including phenoxy) is 1. The minimum Gasteiger partial charge on any atom is -0.497 e. The smallest absolute Gasteiger partial charge is 0.321 e. The molecular weight excluding hydrogens is 505 g/mol. The van der Waals surface area contributed by atoms with Crippen LogP contribution in [0.5, 0.6) is 5.75 Å². The fraction of sp³-hybridized carbons (Fsp3) is 0.375. The van der Waals surface area contributed by atoms with Crippen LogP contribution in [-0.2, 0) is 19.6 Å². The summed E-state index contributed by atoms with van der Waals surface area (Å²) in [5.74, 6) is -1.12. The van der Waals surface area contributed by atoms with Crippen LogP contribution in [0.15, 0.2) is 53.4 Å². The van der Waals surface area contributed by atoms with Gasteiger partial charge in [0.1, 0.15) is 23.7 Å². The molecule has 37 heavy (non-hydrogen) atoms. The number of sulfonamides is 1. The Kier molecular flexibility index (Phi) is 7.93. The van der Waals surface area contributed by atoms with Gasteiger partial charge in [-0.1, -0.05) is 6.07 Å². The third-order valence-corrected chi connectivity index (χ3v) is 8.19. The molecule has 0 saturated carbocycles. The van der Waals surface area contributed by atoms with Crippen molar-refractivity contribution in [2.24, 2.45) is 0 Å². The molecule has 2 aromatic carbocycles. The maximum atomic E-state index is 13.4. The number of anilines is 1. The number of hydrogen-bond donors (Lipinski definition) is 3. The van der Waals surface area contributed by atoms with Gasteiger partial charge in [-0.25, -0.2) is 17.6 Å². The van der Waals surface area contributed by atoms with Gasteiger partial charge in [0.2, 0.25) is 21.8 Å². The van der Waals surface area contributed by atoms with Gasteiger partial charge in [0.25, 0.3) is 0 Å². The molecule has 2 saturated heterocycles. The summed E-state index contributed by atoms with van der Waals surface area (Å²) in [6.45, 7) is 0.0679. The second kappa shape index (κ2) is 11.1. The molecule has 0 aromatic heterocycles. The minimum absolute atomic E-state index is 0.00389. The first-order valence-electron chi connectivity index (χ1n) is 11.7. The molecule has 198 valence electrons. The maximum Gasteiger partial charge on any atom is 0.321 e. The first kappa shape index (κ1) is 26.4. The number of hydrogen-bond acceptors (Lipinski definition) is 6. The molecule has 2 fully saturated rings. The number of carbonyl (C=O) groups excluding carboxylic acids is 3. The average Bonchev–Trinajstić information content (AvgIpc) is 2.90. The second-order valence-electron chi connectivity index (χ2n) is 8.69. The number of urea groups is 1. The molecule has 0 aliphatic carbocycles. The van der Waals surface area contributed by atoms with Gasteiger partial charge in [0.15, 0.2) is 0 Å². The number of rotatable bonds is 6. The topological polar surface area (TPSA) is 137 Å². The lowest BCUT2D eigenvalue weighted by Crippen LogP contribution is -2.63. The van der Waals surface area contributed by atoms with Crippen LogP contribution in [0.25, 0.3) is 0 Å². The SMILES string of the molecule is COc1cccc(NC(=O)N2CCN(S(=O)(=O)c3ccc(F)cc3)[C@@H](C(=O)N[C@H]3CCCNC3=O)C2)c1. The highest BCUT2D eigenvalue weighted by Crippen LogP contribution is 2.24. The second-order valence-corrected chi connectivity index (χ2v) is 10.6. The fourth-order valence-electron chi connectivity index (χ4n) is 4.28. The van der Waals surface area contributed by atoms with Gasteiger partial charge in [-0.05, 0) is 49.2 Å². The molecule has 4 amide bonds. The van der Waals surface area contributed by atoms with Crippen LogP contribution in [0.4, 0.5) is 14.9 Å². The Labute approximate surface area is 214 Å². The Morgan fingerprint density at radius 2 is 1.89 bits per heavy atom. The Hall–Kier alpha value is -3.71. The number of piperidine rings is 1. The molecule has 0 spiro atoms. The summed E-state index contributed by atoms with van der Waals surface area (Å²) >= 11 is 0. The predicted octanol–water partition coefficient (Wildman–Crippen LogP) is 1.14. The van der Waals surface area contributed by atoms with E-state index in [1.54, 1.807) is 24.3 Å². The van der Waals surface area contributed by atoms with Crippen molar-refractivity contribution in [3.05, 3.63) is 54.3 Å². The van der Waals surface area contributed by atoms with Crippen molar-refractivity contribution < 1.29 is 31.9 Å². The van der Waals surface area contributed by atoms with Gasteiger partial charge >= 0.3 is 6.03 Å². The van der Waals surface area contributed by atoms with E-state index in [0.29, 0.717) is 30.8 Å². The third-order valence-electron chi connectivity index (χ3n) is 6.26. The van der Waals surface area contributed by atoms with Crippen LogP contribution in [0, 0.1) is 5.82 Å². The zero-order valence-corrected chi connectivity index (χ0v) is 21.0. The van der Waals surface area contributed by atoms with E-state index in [0.717, 1.165) is 28.6 Å². The number of amides is 4. The number of nitrogens with zero attached hydrogens (tertiary/aromatic N) is 2. The molecule has 11 nitrogen and oxygen atoms in total. The highest BCUT2D eigenvalue weighted by atomic mass is 32.2. The van der Waals surface area contributed by atoms with Crippen molar-refractivity contribution in [1.29, 1.82) is 0 Å². The number of halogens is 1. The summed E-state index contributed by atoms with van der Waals surface area (Å²) in [6, 6.07) is 8.35. The summed E-state index contributed by atoms with van der Waals surface area (Å²) in [4.78, 5) is 39.7. The minimum atomic E-state index is -4.21. The van der Waals surface area contributed by atoms with Gasteiger partial charge < -0.3 is 25.6 Å². The van der Waals surface area contributed by atoms with E-state index in [1.807, 2.05) is 0 Å². The molecule has 2 aliphatic rings. The van der Waals surface area contributed by atoms with Crippen LogP contribution in [0.1, 0.15) is 12.8 Å². The number of piperazine rings is 1. The molecular formula is C24H28FN5O6S. The fourth-order valence-corrected chi connectivity index (χ4v) is 5.85. The summed E-state index contributed by atoms with van der Waals surface area (Å²) in [7, 11) is -2.72. The molecule has 0 radical (unpaired) electrons. The Morgan fingerprint density at radius 1 is 1.14 bits per heavy atom. The molecule has 4 rings (SSSR count). The van der Waals surface area contributed by atoms with Gasteiger partial charge in [-0.15, -0.1) is 0 Å². The van der Waals surface area contributed by atoms with E-state index in [2.05, 4.69) is 16.0 Å². The molecule has 3 N–H and O–H groups in total. The van der Waals surface area contributed by atoms with Crippen LogP contribution >= 0.6 is 0 Å². The zero-order chi connectivity index (χ0) is 26.6. The number of benzene rings is 2. The van der Waals surface area contributed by atoms with E-state index in [4.69, 9.17) is 4.74 Å². The molecule has 0 bridgehead atoms. The molecule has 2 heterocycles. The van der Waals surface area contributed by atoms with E-state index >= 15 is 0 Å². The van der Waals surface area contributed by atoms with Gasteiger partial charge in [-0.2, -0.15) is 4.31 Å². The van der Waals surface area contributed by atoms with Crippen molar-refractivity contribution >= 4 is 33.6 Å². The summed E-state index contributed by atoms with van der Waals surface area (Å²) in [5, 5.41) is 8.03. The first-order chi connectivity index (χ1) is 17.7. The lowest BCUT2D eigenvalue weighted by Gasteiger charge is -2.40. The van der Waals surface area contributed by atoms with E-state index in [1.165, 1.54) is 12.0 Å². The van der Waals surface area contributed by atoms with Gasteiger partial charge in [0.05, 0.1) is 12.0 Å². The van der Waals surface area contributed by atoms with Crippen LogP contribution in [0.2, 0.25) is 0 Å².